The molecule has 3 nitrogen and oxygen atoms in total. The Morgan fingerprint density at radius 2 is 2.33 bits per heavy atom. The largest absolute Gasteiger partial charge is 0.405 e. The lowest BCUT2D eigenvalue weighted by Crippen LogP contribution is -2.05. The average molecular weight is 188 g/mol. The van der Waals surface area contributed by atoms with Gasteiger partial charge in [0.15, 0.2) is 5.70 Å². The van der Waals surface area contributed by atoms with Gasteiger partial charge in [0.25, 0.3) is 0 Å². The van der Waals surface area contributed by atoms with Gasteiger partial charge in [-0.3, -0.25) is 0 Å². The number of carbonyl (C=O) groups is 1. The molecule has 0 saturated heterocycles. The van der Waals surface area contributed by atoms with E-state index in [0.29, 0.717) is 11.6 Å². The van der Waals surface area contributed by atoms with Crippen molar-refractivity contribution < 1.29 is 9.53 Å². The molecular weight excluding hydrogens is 178 g/mol. The molecule has 4 heteroatoms. The van der Waals surface area contributed by atoms with Crippen LogP contribution in [-0.2, 0) is 9.53 Å². The molecule has 0 aromatic rings. The number of carbonyl (C=O) groups excluding carboxylic acids is 1. The zero-order valence-corrected chi connectivity index (χ0v) is 7.81. The van der Waals surface area contributed by atoms with E-state index in [9.17, 15) is 4.79 Å². The zero-order chi connectivity index (χ0) is 9.14. The first-order chi connectivity index (χ1) is 5.69. The van der Waals surface area contributed by atoms with Crippen molar-refractivity contribution in [3.05, 3.63) is 11.3 Å². The van der Waals surface area contributed by atoms with E-state index in [-0.39, 0.29) is 11.8 Å². The minimum Gasteiger partial charge on any atom is -0.405 e. The van der Waals surface area contributed by atoms with Gasteiger partial charge >= 0.3 is 5.97 Å². The molecule has 0 aromatic heterocycles. The van der Waals surface area contributed by atoms with Gasteiger partial charge in [0.05, 0.1) is 5.88 Å². The van der Waals surface area contributed by atoms with E-state index >= 15 is 0 Å². The van der Waals surface area contributed by atoms with Crippen LogP contribution in [0.5, 0.6) is 0 Å². The smallest absolute Gasteiger partial charge is 0.363 e. The quantitative estimate of drug-likeness (QED) is 0.376. The number of hydrogen-bond acceptors (Lipinski definition) is 3. The molecule has 1 aliphatic heterocycles. The van der Waals surface area contributed by atoms with Gasteiger partial charge in [0, 0.05) is 0 Å². The minimum atomic E-state index is -0.384. The summed E-state index contributed by atoms with van der Waals surface area (Å²) in [4.78, 5) is 15.0. The van der Waals surface area contributed by atoms with Crippen LogP contribution >= 0.6 is 11.6 Å². The van der Waals surface area contributed by atoms with Gasteiger partial charge in [-0.05, 0) is 18.9 Å². The van der Waals surface area contributed by atoms with Gasteiger partial charge in [0.2, 0.25) is 5.90 Å². The Kier molecular flexibility index (Phi) is 2.87. The fourth-order valence-corrected chi connectivity index (χ4v) is 0.957. The van der Waals surface area contributed by atoms with E-state index in [2.05, 4.69) is 4.99 Å². The van der Waals surface area contributed by atoms with Crippen molar-refractivity contribution in [2.24, 2.45) is 4.99 Å². The molecule has 0 N–H and O–H groups in total. The summed E-state index contributed by atoms with van der Waals surface area (Å²) in [6.45, 7) is 3.82. The molecule has 0 atom stereocenters. The Labute approximate surface area is 76.1 Å². The Morgan fingerprint density at radius 3 is 2.75 bits per heavy atom. The second kappa shape index (κ2) is 3.72. The van der Waals surface area contributed by atoms with E-state index in [1.807, 2.05) is 13.8 Å². The van der Waals surface area contributed by atoms with Crippen LogP contribution in [0, 0.1) is 0 Å². The van der Waals surface area contributed by atoms with Gasteiger partial charge in [-0.25, -0.2) is 9.79 Å². The highest BCUT2D eigenvalue weighted by molar-refractivity contribution is 6.29. The molecule has 66 valence electrons. The second-order valence-corrected chi connectivity index (χ2v) is 2.78. The van der Waals surface area contributed by atoms with Crippen molar-refractivity contribution in [3.63, 3.8) is 0 Å². The molecule has 1 heterocycles. The number of hydrogen-bond donors (Lipinski definition) is 0. The van der Waals surface area contributed by atoms with Crippen molar-refractivity contribution in [2.75, 3.05) is 5.88 Å². The average Bonchev–Trinajstić information content (AvgIpc) is 2.45. The van der Waals surface area contributed by atoms with E-state index in [1.165, 1.54) is 0 Å². The number of rotatable bonds is 2. The molecular formula is C8H10ClNO2. The first kappa shape index (κ1) is 9.26. The van der Waals surface area contributed by atoms with Crippen molar-refractivity contribution in [1.82, 2.24) is 0 Å². The van der Waals surface area contributed by atoms with Crippen LogP contribution in [-0.4, -0.2) is 17.7 Å². The summed E-state index contributed by atoms with van der Waals surface area (Å²) in [7, 11) is 0. The van der Waals surface area contributed by atoms with E-state index < -0.39 is 0 Å². The third kappa shape index (κ3) is 1.67. The predicted octanol–water partition coefficient (Wildman–Crippen LogP) is 1.86. The summed E-state index contributed by atoms with van der Waals surface area (Å²) in [6, 6.07) is 0. The zero-order valence-electron chi connectivity index (χ0n) is 7.06. The maximum atomic E-state index is 11.1. The summed E-state index contributed by atoms with van der Waals surface area (Å²) in [5, 5.41) is 0. The van der Waals surface area contributed by atoms with Gasteiger partial charge in [0.1, 0.15) is 0 Å². The summed E-state index contributed by atoms with van der Waals surface area (Å²) < 4.78 is 4.77. The maximum Gasteiger partial charge on any atom is 0.363 e. The van der Waals surface area contributed by atoms with Gasteiger partial charge < -0.3 is 4.74 Å². The number of esters is 1. The summed E-state index contributed by atoms with van der Waals surface area (Å²) in [5.41, 5.74) is 1.34. The van der Waals surface area contributed by atoms with Crippen LogP contribution in [0.1, 0.15) is 20.3 Å². The Morgan fingerprint density at radius 1 is 1.67 bits per heavy atom. The lowest BCUT2D eigenvalue weighted by molar-refractivity contribution is -0.130. The van der Waals surface area contributed by atoms with Crippen LogP contribution < -0.4 is 0 Å². The summed E-state index contributed by atoms with van der Waals surface area (Å²) >= 11 is 5.46. The fourth-order valence-electron chi connectivity index (χ4n) is 0.843. The highest BCUT2D eigenvalue weighted by atomic mass is 35.5. The van der Waals surface area contributed by atoms with Crippen LogP contribution in [0.3, 0.4) is 0 Å². The molecule has 12 heavy (non-hydrogen) atoms. The molecule has 0 radical (unpaired) electrons. The monoisotopic (exact) mass is 187 g/mol. The highest BCUT2D eigenvalue weighted by Gasteiger charge is 2.23. The number of nitrogens with zero attached hydrogens (tertiary/aromatic N) is 1. The molecule has 1 rings (SSSR count). The van der Waals surface area contributed by atoms with E-state index in [4.69, 9.17) is 16.3 Å². The molecule has 0 spiro atoms. The van der Waals surface area contributed by atoms with E-state index in [0.717, 1.165) is 12.0 Å². The number of aliphatic imine (C=N–C) groups is 1. The second-order valence-electron chi connectivity index (χ2n) is 2.51. The normalized spacial score (nSPS) is 20.6. The van der Waals surface area contributed by atoms with Crippen LogP contribution in [0.2, 0.25) is 0 Å². The lowest BCUT2D eigenvalue weighted by atomic mass is 10.2. The van der Waals surface area contributed by atoms with Crippen molar-refractivity contribution in [1.29, 1.82) is 0 Å². The van der Waals surface area contributed by atoms with Crippen LogP contribution in [0.15, 0.2) is 16.3 Å². The molecule has 1 aliphatic rings. The number of ether oxygens (including phenoxy) is 1. The topological polar surface area (TPSA) is 38.7 Å². The molecule has 0 saturated carbocycles. The predicted molar refractivity (Wildman–Crippen MR) is 47.2 cm³/mol. The summed E-state index contributed by atoms with van der Waals surface area (Å²) in [6.07, 6.45) is 0.795. The Balaban J connectivity index is 2.93. The minimum absolute atomic E-state index is 0.145. The fraction of sp³-hybridized carbons (Fsp3) is 0.500. The van der Waals surface area contributed by atoms with Crippen LogP contribution in [0.4, 0.5) is 0 Å². The van der Waals surface area contributed by atoms with Crippen molar-refractivity contribution in [2.45, 2.75) is 20.3 Å². The first-order valence-electron chi connectivity index (χ1n) is 3.74. The summed E-state index contributed by atoms with van der Waals surface area (Å²) in [5.74, 6) is 0.0566. The van der Waals surface area contributed by atoms with Crippen molar-refractivity contribution >= 4 is 23.5 Å². The van der Waals surface area contributed by atoms with Gasteiger partial charge in [-0.15, -0.1) is 11.6 Å². The highest BCUT2D eigenvalue weighted by Crippen LogP contribution is 2.17. The number of halogens is 1. The SMILES string of the molecule is CC/C(C)=C1\N=C(CCl)OC1=O. The first-order valence-corrected chi connectivity index (χ1v) is 4.28. The molecule has 0 bridgehead atoms. The molecule has 0 amide bonds. The lowest BCUT2D eigenvalue weighted by Gasteiger charge is -1.94. The molecule has 0 aliphatic carbocycles. The van der Waals surface area contributed by atoms with Gasteiger partial charge in [-0.1, -0.05) is 6.92 Å². The Bertz CT molecular complexity index is 268. The number of alkyl halides is 1. The van der Waals surface area contributed by atoms with Crippen molar-refractivity contribution in [3.8, 4) is 0 Å². The van der Waals surface area contributed by atoms with Gasteiger partial charge in [-0.2, -0.15) is 0 Å². The number of allylic oxidation sites excluding steroid dienone is 1. The maximum absolute atomic E-state index is 11.1. The van der Waals surface area contributed by atoms with E-state index in [1.54, 1.807) is 0 Å². The standard InChI is InChI=1S/C8H10ClNO2/c1-3-5(2)7-8(11)12-6(4-9)10-7/h3-4H2,1-2H3/b7-5-. The Hall–Kier alpha value is -0.830. The molecule has 0 unspecified atom stereocenters. The number of cyclic esters (lactones) is 1. The molecule has 0 aromatic carbocycles. The van der Waals surface area contributed by atoms with Crippen LogP contribution in [0.25, 0.3) is 0 Å². The third-order valence-electron chi connectivity index (χ3n) is 1.69. The third-order valence-corrected chi connectivity index (χ3v) is 1.92. The molecule has 0 fully saturated rings.